The lowest BCUT2D eigenvalue weighted by Crippen LogP contribution is -2.49. The summed E-state index contributed by atoms with van der Waals surface area (Å²) in [6.07, 6.45) is 5.59. The maximum Gasteiger partial charge on any atom is 0.237 e. The number of thiophene rings is 1. The van der Waals surface area contributed by atoms with E-state index in [2.05, 4.69) is 27.0 Å². The molecule has 144 valence electrons. The third-order valence-corrected chi connectivity index (χ3v) is 5.98. The van der Waals surface area contributed by atoms with Crippen LogP contribution in [0.2, 0.25) is 5.02 Å². The largest absolute Gasteiger partial charge is 0.383 e. The normalized spacial score (nSPS) is 15.8. The molecule has 0 unspecified atom stereocenters. The van der Waals surface area contributed by atoms with Gasteiger partial charge in [-0.3, -0.25) is 9.69 Å². The molecule has 1 amide bonds. The van der Waals surface area contributed by atoms with Crippen LogP contribution in [0.15, 0.2) is 42.0 Å². The molecular formula is C20H20ClN5OS. The van der Waals surface area contributed by atoms with Crippen molar-refractivity contribution in [3.8, 4) is 0 Å². The topological polar surface area (TPSA) is 75.3 Å². The molecule has 0 bridgehead atoms. The lowest BCUT2D eigenvalue weighted by atomic mass is 10.1. The van der Waals surface area contributed by atoms with Crippen LogP contribution in [0.25, 0.3) is 17.0 Å². The van der Waals surface area contributed by atoms with Gasteiger partial charge in [0.25, 0.3) is 0 Å². The number of halogens is 1. The van der Waals surface area contributed by atoms with Crippen molar-refractivity contribution in [2.24, 2.45) is 0 Å². The summed E-state index contributed by atoms with van der Waals surface area (Å²) in [6.45, 7) is 3.32. The Morgan fingerprint density at radius 1 is 1.25 bits per heavy atom. The van der Waals surface area contributed by atoms with Crippen LogP contribution in [0, 0.1) is 0 Å². The number of carbonyl (C=O) groups excluding carboxylic acids is 1. The monoisotopic (exact) mass is 413 g/mol. The number of carbonyl (C=O) groups is 1. The lowest BCUT2D eigenvalue weighted by Gasteiger charge is -2.33. The van der Waals surface area contributed by atoms with Crippen molar-refractivity contribution >= 4 is 51.6 Å². The zero-order chi connectivity index (χ0) is 19.5. The second-order valence-electron chi connectivity index (χ2n) is 6.73. The lowest BCUT2D eigenvalue weighted by molar-refractivity contribution is -0.136. The molecule has 4 rings (SSSR count). The molecular weight excluding hydrogens is 394 g/mol. The first-order valence-corrected chi connectivity index (χ1v) is 10.2. The fourth-order valence-corrected chi connectivity index (χ4v) is 4.26. The van der Waals surface area contributed by atoms with Crippen molar-refractivity contribution in [3.63, 3.8) is 0 Å². The van der Waals surface area contributed by atoms with Gasteiger partial charge in [-0.2, -0.15) is 0 Å². The van der Waals surface area contributed by atoms with Crippen LogP contribution in [-0.4, -0.2) is 51.9 Å². The second-order valence-corrected chi connectivity index (χ2v) is 8.11. The number of piperazine rings is 1. The van der Waals surface area contributed by atoms with Crippen molar-refractivity contribution in [1.29, 1.82) is 0 Å². The van der Waals surface area contributed by atoms with Crippen LogP contribution in [0.3, 0.4) is 0 Å². The van der Waals surface area contributed by atoms with Gasteiger partial charge in [0.1, 0.15) is 12.1 Å². The van der Waals surface area contributed by atoms with Crippen LogP contribution < -0.4 is 5.73 Å². The van der Waals surface area contributed by atoms with E-state index in [9.17, 15) is 4.79 Å². The molecule has 1 aromatic carbocycles. The van der Waals surface area contributed by atoms with Gasteiger partial charge in [0, 0.05) is 41.8 Å². The number of rotatable bonds is 5. The van der Waals surface area contributed by atoms with Gasteiger partial charge >= 0.3 is 0 Å². The van der Waals surface area contributed by atoms with E-state index in [0.29, 0.717) is 25.5 Å². The molecule has 1 aliphatic rings. The van der Waals surface area contributed by atoms with Gasteiger partial charge in [0.15, 0.2) is 0 Å². The fraction of sp³-hybridized carbons (Fsp3) is 0.250. The number of amides is 1. The Morgan fingerprint density at radius 3 is 2.93 bits per heavy atom. The predicted octanol–water partition coefficient (Wildman–Crippen LogP) is 3.28. The summed E-state index contributed by atoms with van der Waals surface area (Å²) in [7, 11) is 0. The molecule has 3 aromatic rings. The second kappa shape index (κ2) is 8.26. The molecule has 2 N–H and O–H groups in total. The number of nitrogens with zero attached hydrogens (tertiary/aromatic N) is 4. The number of benzene rings is 1. The van der Waals surface area contributed by atoms with Gasteiger partial charge in [-0.15, -0.1) is 11.3 Å². The van der Waals surface area contributed by atoms with Crippen LogP contribution in [0.1, 0.15) is 10.4 Å². The number of hydrogen-bond acceptors (Lipinski definition) is 6. The standard InChI is InChI=1S/C20H20ClN5OS/c21-15-9-16(28-12-15)2-1-5-25-6-7-26(19(27)11-25)10-14-3-4-17-18(8-14)23-13-24-20(17)22/h1-4,8-9,12-13H,5-7,10-11H2,(H2,22,23,24). The Balaban J connectivity index is 1.34. The average Bonchev–Trinajstić information content (AvgIpc) is 3.09. The van der Waals surface area contributed by atoms with Crippen LogP contribution in [0.5, 0.6) is 0 Å². The SMILES string of the molecule is Nc1ncnc2cc(CN3CCN(CC=Cc4cc(Cl)cs4)CC3=O)ccc12. The van der Waals surface area contributed by atoms with Gasteiger partial charge in [0.2, 0.25) is 5.91 Å². The molecule has 3 heterocycles. The van der Waals surface area contributed by atoms with E-state index in [1.165, 1.54) is 6.33 Å². The van der Waals surface area contributed by atoms with Gasteiger partial charge in [-0.25, -0.2) is 9.97 Å². The molecule has 2 aromatic heterocycles. The van der Waals surface area contributed by atoms with E-state index in [1.807, 2.05) is 34.5 Å². The minimum Gasteiger partial charge on any atom is -0.383 e. The molecule has 8 heteroatoms. The number of nitrogen functional groups attached to an aromatic ring is 1. The zero-order valence-corrected chi connectivity index (χ0v) is 16.8. The highest BCUT2D eigenvalue weighted by atomic mass is 35.5. The Morgan fingerprint density at radius 2 is 2.14 bits per heavy atom. The van der Waals surface area contributed by atoms with Crippen molar-refractivity contribution in [2.75, 3.05) is 31.9 Å². The fourth-order valence-electron chi connectivity index (χ4n) is 3.26. The number of anilines is 1. The van der Waals surface area contributed by atoms with Gasteiger partial charge in [-0.05, 0) is 29.8 Å². The summed E-state index contributed by atoms with van der Waals surface area (Å²) in [4.78, 5) is 26.0. The first-order chi connectivity index (χ1) is 13.6. The molecule has 0 atom stereocenters. The average molecular weight is 414 g/mol. The molecule has 1 fully saturated rings. The van der Waals surface area contributed by atoms with Crippen molar-refractivity contribution < 1.29 is 4.79 Å². The molecule has 28 heavy (non-hydrogen) atoms. The Labute approximate surface area is 172 Å². The van der Waals surface area contributed by atoms with Crippen LogP contribution in [-0.2, 0) is 11.3 Å². The van der Waals surface area contributed by atoms with Crippen LogP contribution >= 0.6 is 22.9 Å². The maximum atomic E-state index is 12.6. The third kappa shape index (κ3) is 4.32. The first kappa shape index (κ1) is 18.9. The number of aromatic nitrogens is 2. The summed E-state index contributed by atoms with van der Waals surface area (Å²) >= 11 is 7.54. The molecule has 0 aliphatic carbocycles. The number of nitrogens with two attached hydrogens (primary N) is 1. The van der Waals surface area contributed by atoms with E-state index in [4.69, 9.17) is 17.3 Å². The summed E-state index contributed by atoms with van der Waals surface area (Å²) in [5, 5.41) is 3.51. The van der Waals surface area contributed by atoms with E-state index in [-0.39, 0.29) is 5.91 Å². The highest BCUT2D eigenvalue weighted by molar-refractivity contribution is 7.11. The Hall–Kier alpha value is -2.48. The Bertz CT molecular complexity index is 1030. The summed E-state index contributed by atoms with van der Waals surface area (Å²) in [5.41, 5.74) is 7.72. The molecule has 1 saturated heterocycles. The predicted molar refractivity (Wildman–Crippen MR) is 114 cm³/mol. The Kier molecular flexibility index (Phi) is 5.57. The third-order valence-electron chi connectivity index (χ3n) is 4.74. The van der Waals surface area contributed by atoms with Gasteiger partial charge in [-0.1, -0.05) is 23.7 Å². The first-order valence-electron chi connectivity index (χ1n) is 8.98. The quantitative estimate of drug-likeness (QED) is 0.694. The van der Waals surface area contributed by atoms with Crippen molar-refractivity contribution in [3.05, 3.63) is 57.5 Å². The zero-order valence-electron chi connectivity index (χ0n) is 15.2. The van der Waals surface area contributed by atoms with Gasteiger partial charge < -0.3 is 10.6 Å². The van der Waals surface area contributed by atoms with E-state index in [1.54, 1.807) is 11.3 Å². The van der Waals surface area contributed by atoms with Crippen molar-refractivity contribution in [1.82, 2.24) is 19.8 Å². The highest BCUT2D eigenvalue weighted by Gasteiger charge is 2.23. The smallest absolute Gasteiger partial charge is 0.237 e. The molecule has 1 aliphatic heterocycles. The summed E-state index contributed by atoms with van der Waals surface area (Å²) < 4.78 is 0. The molecule has 6 nitrogen and oxygen atoms in total. The highest BCUT2D eigenvalue weighted by Crippen LogP contribution is 2.21. The maximum absolute atomic E-state index is 12.6. The number of hydrogen-bond donors (Lipinski definition) is 1. The van der Waals surface area contributed by atoms with E-state index >= 15 is 0 Å². The molecule has 0 saturated carbocycles. The molecule has 0 radical (unpaired) electrons. The minimum atomic E-state index is 0.140. The van der Waals surface area contributed by atoms with E-state index < -0.39 is 0 Å². The van der Waals surface area contributed by atoms with Crippen molar-refractivity contribution in [2.45, 2.75) is 6.54 Å². The summed E-state index contributed by atoms with van der Waals surface area (Å²) in [6, 6.07) is 7.81. The summed E-state index contributed by atoms with van der Waals surface area (Å²) in [5.74, 6) is 0.611. The molecule has 0 spiro atoms. The number of fused-ring (bicyclic) bond motifs is 1. The van der Waals surface area contributed by atoms with Gasteiger partial charge in [0.05, 0.1) is 17.1 Å². The van der Waals surface area contributed by atoms with E-state index in [0.717, 1.165) is 39.5 Å². The minimum absolute atomic E-state index is 0.140. The van der Waals surface area contributed by atoms with Crippen LogP contribution in [0.4, 0.5) is 5.82 Å².